The van der Waals surface area contributed by atoms with Crippen LogP contribution in [-0.2, 0) is 6.42 Å². The molecule has 0 N–H and O–H groups in total. The second-order valence-corrected chi connectivity index (χ2v) is 4.83. The Labute approximate surface area is 104 Å². The fourth-order valence-corrected chi connectivity index (χ4v) is 2.44. The first kappa shape index (κ1) is 12.1. The van der Waals surface area contributed by atoms with Crippen LogP contribution in [0.15, 0.2) is 30.3 Å². The number of hydrogen-bond acceptors (Lipinski definition) is 2. The lowest BCUT2D eigenvalue weighted by Crippen LogP contribution is -2.34. The minimum absolute atomic E-state index is 0.306. The average Bonchev–Trinajstić information content (AvgIpc) is 2.41. The van der Waals surface area contributed by atoms with Crippen molar-refractivity contribution in [1.29, 1.82) is 5.26 Å². The molecule has 1 aliphatic heterocycles. The molecular formula is C15H20N2. The van der Waals surface area contributed by atoms with Gasteiger partial charge in [0.2, 0.25) is 0 Å². The molecule has 0 atom stereocenters. The maximum Gasteiger partial charge on any atom is 0.0656 e. The van der Waals surface area contributed by atoms with Crippen molar-refractivity contribution < 1.29 is 0 Å². The molecule has 0 bridgehead atoms. The molecule has 1 saturated heterocycles. The standard InChI is InChI=1S/C15H20N2/c16-13-15-8-11-17(12-9-15)10-4-7-14-5-2-1-3-6-14/h1-3,5-6,15H,4,7-12H2. The lowest BCUT2D eigenvalue weighted by molar-refractivity contribution is 0.204. The van der Waals surface area contributed by atoms with Crippen LogP contribution in [0, 0.1) is 17.2 Å². The van der Waals surface area contributed by atoms with Crippen molar-refractivity contribution in [3.8, 4) is 6.07 Å². The fraction of sp³-hybridized carbons (Fsp3) is 0.533. The summed E-state index contributed by atoms with van der Waals surface area (Å²) in [6.07, 6.45) is 4.50. The van der Waals surface area contributed by atoms with Gasteiger partial charge in [-0.1, -0.05) is 30.3 Å². The Bertz CT molecular complexity index is 358. The molecule has 90 valence electrons. The van der Waals surface area contributed by atoms with Crippen LogP contribution in [0.1, 0.15) is 24.8 Å². The number of aryl methyl sites for hydroxylation is 1. The Balaban J connectivity index is 1.65. The summed E-state index contributed by atoms with van der Waals surface area (Å²) in [4.78, 5) is 2.50. The molecule has 1 aliphatic rings. The molecule has 2 rings (SSSR count). The van der Waals surface area contributed by atoms with E-state index in [0.29, 0.717) is 5.92 Å². The smallest absolute Gasteiger partial charge is 0.0656 e. The summed E-state index contributed by atoms with van der Waals surface area (Å²) < 4.78 is 0. The summed E-state index contributed by atoms with van der Waals surface area (Å²) in [6, 6.07) is 13.0. The van der Waals surface area contributed by atoms with Gasteiger partial charge in [-0.3, -0.25) is 0 Å². The Kier molecular flexibility index (Phi) is 4.58. The molecule has 0 aliphatic carbocycles. The van der Waals surface area contributed by atoms with Gasteiger partial charge in [-0.25, -0.2) is 0 Å². The number of piperidine rings is 1. The maximum atomic E-state index is 8.83. The van der Waals surface area contributed by atoms with Crippen molar-refractivity contribution in [2.75, 3.05) is 19.6 Å². The van der Waals surface area contributed by atoms with E-state index in [4.69, 9.17) is 5.26 Å². The van der Waals surface area contributed by atoms with Gasteiger partial charge in [-0.2, -0.15) is 5.26 Å². The maximum absolute atomic E-state index is 8.83. The van der Waals surface area contributed by atoms with Crippen LogP contribution >= 0.6 is 0 Å². The summed E-state index contributed by atoms with van der Waals surface area (Å²) in [7, 11) is 0. The normalized spacial score (nSPS) is 17.8. The Morgan fingerprint density at radius 3 is 2.53 bits per heavy atom. The summed E-state index contributed by atoms with van der Waals surface area (Å²) in [5.74, 6) is 0.306. The van der Waals surface area contributed by atoms with Crippen molar-refractivity contribution >= 4 is 0 Å². The van der Waals surface area contributed by atoms with Crippen molar-refractivity contribution in [2.24, 2.45) is 5.92 Å². The number of hydrogen-bond donors (Lipinski definition) is 0. The fourth-order valence-electron chi connectivity index (χ4n) is 2.44. The van der Waals surface area contributed by atoms with Gasteiger partial charge in [0.15, 0.2) is 0 Å². The molecule has 1 aromatic carbocycles. The van der Waals surface area contributed by atoms with Crippen molar-refractivity contribution in [1.82, 2.24) is 4.90 Å². The third kappa shape index (κ3) is 3.87. The molecule has 0 saturated carbocycles. The molecule has 2 nitrogen and oxygen atoms in total. The summed E-state index contributed by atoms with van der Waals surface area (Å²) in [6.45, 7) is 3.38. The predicted molar refractivity (Wildman–Crippen MR) is 69.5 cm³/mol. The lowest BCUT2D eigenvalue weighted by Gasteiger charge is -2.28. The topological polar surface area (TPSA) is 27.0 Å². The molecule has 0 unspecified atom stereocenters. The van der Waals surface area contributed by atoms with Gasteiger partial charge in [0.05, 0.1) is 6.07 Å². The number of nitrogens with zero attached hydrogens (tertiary/aromatic N) is 2. The quantitative estimate of drug-likeness (QED) is 0.792. The molecular weight excluding hydrogens is 208 g/mol. The average molecular weight is 228 g/mol. The first-order valence-electron chi connectivity index (χ1n) is 6.54. The Hall–Kier alpha value is -1.33. The lowest BCUT2D eigenvalue weighted by atomic mass is 9.98. The number of benzene rings is 1. The Morgan fingerprint density at radius 2 is 1.88 bits per heavy atom. The van der Waals surface area contributed by atoms with E-state index >= 15 is 0 Å². The molecule has 17 heavy (non-hydrogen) atoms. The van der Waals surface area contributed by atoms with Gasteiger partial charge >= 0.3 is 0 Å². The van der Waals surface area contributed by atoms with Crippen LogP contribution in [0.25, 0.3) is 0 Å². The molecule has 2 heteroatoms. The predicted octanol–water partition coefficient (Wildman–Crippen LogP) is 2.85. The molecule has 1 fully saturated rings. The van der Waals surface area contributed by atoms with Crippen molar-refractivity contribution in [2.45, 2.75) is 25.7 Å². The van der Waals surface area contributed by atoms with E-state index in [-0.39, 0.29) is 0 Å². The van der Waals surface area contributed by atoms with E-state index in [1.165, 1.54) is 24.9 Å². The number of nitriles is 1. The van der Waals surface area contributed by atoms with Crippen LogP contribution in [0.5, 0.6) is 0 Å². The van der Waals surface area contributed by atoms with Gasteiger partial charge in [0, 0.05) is 5.92 Å². The molecule has 0 spiro atoms. The van der Waals surface area contributed by atoms with E-state index in [0.717, 1.165) is 25.9 Å². The highest BCUT2D eigenvalue weighted by molar-refractivity contribution is 5.14. The number of likely N-dealkylation sites (tertiary alicyclic amines) is 1. The Morgan fingerprint density at radius 1 is 1.18 bits per heavy atom. The van der Waals surface area contributed by atoms with Gasteiger partial charge in [-0.05, 0) is 50.9 Å². The second kappa shape index (κ2) is 6.42. The first-order chi connectivity index (χ1) is 8.38. The SMILES string of the molecule is N#CC1CCN(CCCc2ccccc2)CC1. The third-order valence-corrected chi connectivity index (χ3v) is 3.55. The van der Waals surface area contributed by atoms with Crippen molar-refractivity contribution in [3.63, 3.8) is 0 Å². The summed E-state index contributed by atoms with van der Waals surface area (Å²) >= 11 is 0. The molecule has 0 radical (unpaired) electrons. The van der Waals surface area contributed by atoms with E-state index in [9.17, 15) is 0 Å². The van der Waals surface area contributed by atoms with E-state index in [1.54, 1.807) is 0 Å². The monoisotopic (exact) mass is 228 g/mol. The molecule has 0 amide bonds. The number of rotatable bonds is 4. The van der Waals surface area contributed by atoms with E-state index < -0.39 is 0 Å². The van der Waals surface area contributed by atoms with E-state index in [1.807, 2.05) is 0 Å². The third-order valence-electron chi connectivity index (χ3n) is 3.55. The van der Waals surface area contributed by atoms with Gasteiger partial charge in [0.25, 0.3) is 0 Å². The van der Waals surface area contributed by atoms with Crippen LogP contribution in [0.3, 0.4) is 0 Å². The second-order valence-electron chi connectivity index (χ2n) is 4.83. The van der Waals surface area contributed by atoms with E-state index in [2.05, 4.69) is 41.3 Å². The molecule has 0 aromatic heterocycles. The van der Waals surface area contributed by atoms with Gasteiger partial charge < -0.3 is 4.90 Å². The van der Waals surface area contributed by atoms with Gasteiger partial charge in [0.1, 0.15) is 0 Å². The van der Waals surface area contributed by atoms with Crippen LogP contribution in [0.2, 0.25) is 0 Å². The summed E-state index contributed by atoms with van der Waals surface area (Å²) in [5.41, 5.74) is 1.43. The van der Waals surface area contributed by atoms with Crippen LogP contribution < -0.4 is 0 Å². The highest BCUT2D eigenvalue weighted by atomic mass is 15.1. The first-order valence-corrected chi connectivity index (χ1v) is 6.54. The minimum Gasteiger partial charge on any atom is -0.303 e. The molecule has 1 heterocycles. The zero-order chi connectivity index (χ0) is 11.9. The van der Waals surface area contributed by atoms with Crippen LogP contribution in [-0.4, -0.2) is 24.5 Å². The highest BCUT2D eigenvalue weighted by Gasteiger charge is 2.17. The van der Waals surface area contributed by atoms with Gasteiger partial charge in [-0.15, -0.1) is 0 Å². The van der Waals surface area contributed by atoms with Crippen LogP contribution in [0.4, 0.5) is 0 Å². The molecule has 1 aromatic rings. The zero-order valence-corrected chi connectivity index (χ0v) is 10.3. The van der Waals surface area contributed by atoms with Crippen molar-refractivity contribution in [3.05, 3.63) is 35.9 Å². The minimum atomic E-state index is 0.306. The summed E-state index contributed by atoms with van der Waals surface area (Å²) in [5, 5.41) is 8.83. The zero-order valence-electron chi connectivity index (χ0n) is 10.3. The highest BCUT2D eigenvalue weighted by Crippen LogP contribution is 2.16. The largest absolute Gasteiger partial charge is 0.303 e.